The summed E-state index contributed by atoms with van der Waals surface area (Å²) in [4.78, 5) is 19.5. The molecule has 0 aliphatic rings. The first-order valence-corrected chi connectivity index (χ1v) is 7.51. The Morgan fingerprint density at radius 1 is 1.30 bits per heavy atom. The highest BCUT2D eigenvalue weighted by atomic mass is 32.1. The van der Waals surface area contributed by atoms with E-state index in [2.05, 4.69) is 15.3 Å². The summed E-state index contributed by atoms with van der Waals surface area (Å²) in [5.41, 5.74) is 2.79. The molecular weight excluding hydrogens is 270 g/mol. The first-order valence-electron chi connectivity index (χ1n) is 6.57. The molecule has 0 bridgehead atoms. The van der Waals surface area contributed by atoms with Gasteiger partial charge in [-0.3, -0.25) is 4.79 Å². The van der Waals surface area contributed by atoms with Crippen molar-refractivity contribution in [2.75, 3.05) is 6.54 Å². The van der Waals surface area contributed by atoms with E-state index in [-0.39, 0.29) is 5.91 Å². The molecule has 0 atom stereocenters. The molecule has 1 amide bonds. The fraction of sp³-hybridized carbons (Fsp3) is 0.200. The minimum absolute atomic E-state index is 0.00384. The predicted octanol–water partition coefficient (Wildman–Crippen LogP) is 2.99. The summed E-state index contributed by atoms with van der Waals surface area (Å²) in [6, 6.07) is 9.82. The molecule has 3 rings (SSSR count). The number of carbonyl (C=O) groups excluding carboxylic acids is 1. The molecule has 0 unspecified atom stereocenters. The molecule has 102 valence electrons. The number of aromatic nitrogens is 2. The molecule has 0 saturated carbocycles. The zero-order chi connectivity index (χ0) is 13.8. The zero-order valence-corrected chi connectivity index (χ0v) is 11.7. The largest absolute Gasteiger partial charge is 0.352 e. The second-order valence-corrected chi connectivity index (χ2v) is 5.35. The van der Waals surface area contributed by atoms with Gasteiger partial charge in [0.15, 0.2) is 0 Å². The molecule has 0 radical (unpaired) electrons. The van der Waals surface area contributed by atoms with E-state index in [0.717, 1.165) is 35.3 Å². The van der Waals surface area contributed by atoms with Gasteiger partial charge in [0, 0.05) is 23.9 Å². The number of imidazole rings is 1. The Bertz CT molecular complexity index is 670. The normalized spacial score (nSPS) is 10.8. The van der Waals surface area contributed by atoms with Gasteiger partial charge in [-0.25, -0.2) is 4.98 Å². The number of fused-ring (bicyclic) bond motifs is 1. The third kappa shape index (κ3) is 2.88. The lowest BCUT2D eigenvalue weighted by Gasteiger charge is -2.02. The summed E-state index contributed by atoms with van der Waals surface area (Å²) < 4.78 is 0. The average Bonchev–Trinajstić information content (AvgIpc) is 3.11. The van der Waals surface area contributed by atoms with Crippen molar-refractivity contribution in [1.29, 1.82) is 0 Å². The van der Waals surface area contributed by atoms with Crippen LogP contribution in [0.25, 0.3) is 11.0 Å². The zero-order valence-electron chi connectivity index (χ0n) is 10.9. The Kier molecular flexibility index (Phi) is 3.78. The van der Waals surface area contributed by atoms with E-state index < -0.39 is 0 Å². The second kappa shape index (κ2) is 5.88. The van der Waals surface area contributed by atoms with Crippen LogP contribution in [0.15, 0.2) is 41.1 Å². The van der Waals surface area contributed by atoms with Crippen LogP contribution in [0.2, 0.25) is 0 Å². The van der Waals surface area contributed by atoms with Gasteiger partial charge < -0.3 is 10.3 Å². The summed E-state index contributed by atoms with van der Waals surface area (Å²) in [7, 11) is 0. The average molecular weight is 285 g/mol. The van der Waals surface area contributed by atoms with Gasteiger partial charge in [-0.05, 0) is 30.0 Å². The Morgan fingerprint density at radius 2 is 2.20 bits per heavy atom. The lowest BCUT2D eigenvalue weighted by molar-refractivity contribution is 0.0953. The number of aromatic amines is 1. The maximum Gasteiger partial charge on any atom is 0.252 e. The third-order valence-electron chi connectivity index (χ3n) is 3.10. The molecule has 1 aromatic carbocycles. The van der Waals surface area contributed by atoms with Crippen LogP contribution in [-0.2, 0) is 6.42 Å². The van der Waals surface area contributed by atoms with Crippen LogP contribution in [0.5, 0.6) is 0 Å². The Morgan fingerprint density at radius 3 is 3.00 bits per heavy atom. The number of benzene rings is 1. The van der Waals surface area contributed by atoms with Crippen molar-refractivity contribution >= 4 is 28.3 Å². The number of thiophene rings is 1. The maximum absolute atomic E-state index is 11.7. The molecule has 0 fully saturated rings. The van der Waals surface area contributed by atoms with E-state index in [4.69, 9.17) is 0 Å². The SMILES string of the molecule is O=C(NCCCc1nc2ccccc2[nH]1)c1ccsc1. The van der Waals surface area contributed by atoms with Gasteiger partial charge in [0.2, 0.25) is 0 Å². The van der Waals surface area contributed by atoms with Crippen molar-refractivity contribution in [3.8, 4) is 0 Å². The van der Waals surface area contributed by atoms with E-state index >= 15 is 0 Å². The highest BCUT2D eigenvalue weighted by Crippen LogP contribution is 2.11. The Labute approximate surface area is 120 Å². The van der Waals surface area contributed by atoms with Crippen LogP contribution < -0.4 is 5.32 Å². The van der Waals surface area contributed by atoms with Crippen LogP contribution >= 0.6 is 11.3 Å². The van der Waals surface area contributed by atoms with Gasteiger partial charge in [-0.15, -0.1) is 0 Å². The van der Waals surface area contributed by atoms with Crippen LogP contribution in [0.1, 0.15) is 22.6 Å². The molecular formula is C15H15N3OS. The van der Waals surface area contributed by atoms with Crippen LogP contribution in [0.3, 0.4) is 0 Å². The number of aryl methyl sites for hydroxylation is 1. The fourth-order valence-electron chi connectivity index (χ4n) is 2.08. The van der Waals surface area contributed by atoms with E-state index in [1.165, 1.54) is 11.3 Å². The highest BCUT2D eigenvalue weighted by molar-refractivity contribution is 7.08. The van der Waals surface area contributed by atoms with E-state index in [1.54, 1.807) is 0 Å². The number of amides is 1. The summed E-state index contributed by atoms with van der Waals surface area (Å²) in [6.07, 6.45) is 1.70. The van der Waals surface area contributed by atoms with E-state index in [0.29, 0.717) is 6.54 Å². The van der Waals surface area contributed by atoms with Crippen molar-refractivity contribution < 1.29 is 4.79 Å². The number of hydrogen-bond acceptors (Lipinski definition) is 3. The molecule has 5 heteroatoms. The van der Waals surface area contributed by atoms with Crippen LogP contribution in [0, 0.1) is 0 Å². The number of para-hydroxylation sites is 2. The second-order valence-electron chi connectivity index (χ2n) is 4.57. The maximum atomic E-state index is 11.7. The summed E-state index contributed by atoms with van der Waals surface area (Å²) in [6.45, 7) is 0.658. The molecule has 2 N–H and O–H groups in total. The molecule has 20 heavy (non-hydrogen) atoms. The minimum Gasteiger partial charge on any atom is -0.352 e. The number of hydrogen-bond donors (Lipinski definition) is 2. The monoisotopic (exact) mass is 285 g/mol. The predicted molar refractivity (Wildman–Crippen MR) is 81.1 cm³/mol. The van der Waals surface area contributed by atoms with Crippen LogP contribution in [0.4, 0.5) is 0 Å². The van der Waals surface area contributed by atoms with Crippen molar-refractivity contribution in [2.24, 2.45) is 0 Å². The highest BCUT2D eigenvalue weighted by Gasteiger charge is 2.05. The number of rotatable bonds is 5. The first kappa shape index (κ1) is 12.9. The number of nitrogens with zero attached hydrogens (tertiary/aromatic N) is 1. The van der Waals surface area contributed by atoms with Gasteiger partial charge >= 0.3 is 0 Å². The molecule has 0 spiro atoms. The van der Waals surface area contributed by atoms with Crippen molar-refractivity contribution in [2.45, 2.75) is 12.8 Å². The molecule has 2 heterocycles. The molecule has 2 aromatic heterocycles. The van der Waals surface area contributed by atoms with Gasteiger partial charge in [-0.1, -0.05) is 12.1 Å². The number of carbonyl (C=O) groups is 1. The number of nitrogens with one attached hydrogen (secondary N) is 2. The smallest absolute Gasteiger partial charge is 0.252 e. The van der Waals surface area contributed by atoms with Gasteiger partial charge in [0.1, 0.15) is 5.82 Å². The minimum atomic E-state index is -0.00384. The fourth-order valence-corrected chi connectivity index (χ4v) is 2.71. The van der Waals surface area contributed by atoms with Crippen LogP contribution in [-0.4, -0.2) is 22.4 Å². The van der Waals surface area contributed by atoms with Gasteiger partial charge in [0.05, 0.1) is 11.0 Å². The van der Waals surface area contributed by atoms with Crippen molar-refractivity contribution in [3.05, 3.63) is 52.5 Å². The molecule has 0 saturated heterocycles. The quantitative estimate of drug-likeness (QED) is 0.708. The lowest BCUT2D eigenvalue weighted by atomic mass is 10.3. The molecule has 0 aliphatic heterocycles. The van der Waals surface area contributed by atoms with Crippen molar-refractivity contribution in [3.63, 3.8) is 0 Å². The summed E-state index contributed by atoms with van der Waals surface area (Å²) >= 11 is 1.53. The first-order chi connectivity index (χ1) is 9.83. The third-order valence-corrected chi connectivity index (χ3v) is 3.78. The van der Waals surface area contributed by atoms with E-state index in [9.17, 15) is 4.79 Å². The number of H-pyrrole nitrogens is 1. The molecule has 0 aliphatic carbocycles. The van der Waals surface area contributed by atoms with Gasteiger partial charge in [0.25, 0.3) is 5.91 Å². The summed E-state index contributed by atoms with van der Waals surface area (Å²) in [5, 5.41) is 6.68. The van der Waals surface area contributed by atoms with Crippen molar-refractivity contribution in [1.82, 2.24) is 15.3 Å². The van der Waals surface area contributed by atoms with Gasteiger partial charge in [-0.2, -0.15) is 11.3 Å². The Balaban J connectivity index is 1.49. The Hall–Kier alpha value is -2.14. The lowest BCUT2D eigenvalue weighted by Crippen LogP contribution is -2.24. The molecule has 3 aromatic rings. The topological polar surface area (TPSA) is 57.8 Å². The van der Waals surface area contributed by atoms with E-state index in [1.807, 2.05) is 41.1 Å². The standard InChI is InChI=1S/C15H15N3OS/c19-15(11-7-9-20-10-11)16-8-3-6-14-17-12-4-1-2-5-13(12)18-14/h1-2,4-5,7,9-10H,3,6,8H2,(H,16,19)(H,17,18). The molecule has 4 nitrogen and oxygen atoms in total. The summed E-state index contributed by atoms with van der Waals surface area (Å²) in [5.74, 6) is 0.965.